The summed E-state index contributed by atoms with van der Waals surface area (Å²) >= 11 is 0. The van der Waals surface area contributed by atoms with E-state index in [4.69, 9.17) is 4.74 Å². The lowest BCUT2D eigenvalue weighted by molar-refractivity contribution is -0.384. The molecule has 0 radical (unpaired) electrons. The molecule has 1 aromatic carbocycles. The standard InChI is InChI=1S/C18H23N3O6/c1-12(17(23)20-14-7-3-2-4-8-14)27-16(22)11-19-18(24)13-6-5-9-15(10-13)21(25)26/h5-6,9-10,12,14H,2-4,7-8,11H2,1H3,(H,19,24)(H,20,23)/t12-/m0/s1. The molecule has 0 aromatic heterocycles. The van der Waals surface area contributed by atoms with Gasteiger partial charge < -0.3 is 15.4 Å². The molecule has 0 aliphatic heterocycles. The lowest BCUT2D eigenvalue weighted by Crippen LogP contribution is -2.43. The molecule has 1 aliphatic rings. The molecule has 1 fully saturated rings. The van der Waals surface area contributed by atoms with Crippen LogP contribution < -0.4 is 10.6 Å². The summed E-state index contributed by atoms with van der Waals surface area (Å²) in [7, 11) is 0. The number of hydrogen-bond acceptors (Lipinski definition) is 6. The number of nitro benzene ring substituents is 1. The fraction of sp³-hybridized carbons (Fsp3) is 0.500. The predicted octanol–water partition coefficient (Wildman–Crippen LogP) is 1.71. The summed E-state index contributed by atoms with van der Waals surface area (Å²) in [6.07, 6.45) is 4.19. The molecule has 0 heterocycles. The van der Waals surface area contributed by atoms with Gasteiger partial charge >= 0.3 is 5.97 Å². The van der Waals surface area contributed by atoms with Crippen LogP contribution in [0.4, 0.5) is 5.69 Å². The number of rotatable bonds is 7. The second-order valence-electron chi connectivity index (χ2n) is 6.47. The first-order chi connectivity index (χ1) is 12.9. The summed E-state index contributed by atoms with van der Waals surface area (Å²) in [5, 5.41) is 15.9. The maximum atomic E-state index is 12.1. The van der Waals surface area contributed by atoms with E-state index in [9.17, 15) is 24.5 Å². The topological polar surface area (TPSA) is 128 Å². The summed E-state index contributed by atoms with van der Waals surface area (Å²) in [5.41, 5.74) is -0.168. The van der Waals surface area contributed by atoms with E-state index < -0.39 is 29.4 Å². The van der Waals surface area contributed by atoms with Gasteiger partial charge in [-0.2, -0.15) is 0 Å². The van der Waals surface area contributed by atoms with Crippen LogP contribution in [0.5, 0.6) is 0 Å². The van der Waals surface area contributed by atoms with Gasteiger partial charge in [-0.3, -0.25) is 24.5 Å². The second-order valence-corrected chi connectivity index (χ2v) is 6.47. The third-order valence-electron chi connectivity index (χ3n) is 4.34. The van der Waals surface area contributed by atoms with E-state index in [2.05, 4.69) is 10.6 Å². The van der Waals surface area contributed by atoms with Crippen molar-refractivity contribution in [2.24, 2.45) is 0 Å². The molecule has 2 N–H and O–H groups in total. The number of amides is 2. The first kappa shape index (κ1) is 20.3. The van der Waals surface area contributed by atoms with Crippen LogP contribution in [-0.2, 0) is 14.3 Å². The quantitative estimate of drug-likeness (QED) is 0.423. The van der Waals surface area contributed by atoms with Gasteiger partial charge in [-0.05, 0) is 25.8 Å². The number of esters is 1. The SMILES string of the molecule is C[C@H](OC(=O)CNC(=O)c1cccc([N+](=O)[O-])c1)C(=O)NC1CCCCC1. The maximum absolute atomic E-state index is 12.1. The van der Waals surface area contributed by atoms with Crippen LogP contribution in [-0.4, -0.2) is 41.4 Å². The lowest BCUT2D eigenvalue weighted by Gasteiger charge is -2.24. The number of carbonyl (C=O) groups is 3. The number of non-ortho nitro benzene ring substituents is 1. The van der Waals surface area contributed by atoms with Crippen LogP contribution in [0, 0.1) is 10.1 Å². The van der Waals surface area contributed by atoms with Gasteiger partial charge in [-0.25, -0.2) is 0 Å². The first-order valence-electron chi connectivity index (χ1n) is 8.89. The summed E-state index contributed by atoms with van der Waals surface area (Å²) in [6.45, 7) is 1.03. The minimum atomic E-state index is -0.964. The predicted molar refractivity (Wildman–Crippen MR) is 96.0 cm³/mol. The van der Waals surface area contributed by atoms with Gasteiger partial charge in [0, 0.05) is 23.7 Å². The van der Waals surface area contributed by atoms with Gasteiger partial charge in [0.2, 0.25) is 0 Å². The van der Waals surface area contributed by atoms with Crippen molar-refractivity contribution in [3.05, 3.63) is 39.9 Å². The second kappa shape index (κ2) is 9.65. The van der Waals surface area contributed by atoms with E-state index >= 15 is 0 Å². The Bertz CT molecular complexity index is 715. The molecule has 146 valence electrons. The zero-order valence-corrected chi connectivity index (χ0v) is 15.1. The number of nitrogens with one attached hydrogen (secondary N) is 2. The summed E-state index contributed by atoms with van der Waals surface area (Å²) in [6, 6.07) is 5.26. The van der Waals surface area contributed by atoms with Crippen LogP contribution in [0.25, 0.3) is 0 Å². The molecule has 9 nitrogen and oxygen atoms in total. The van der Waals surface area contributed by atoms with Crippen LogP contribution in [0.3, 0.4) is 0 Å². The average Bonchev–Trinajstić information content (AvgIpc) is 2.66. The van der Waals surface area contributed by atoms with Crippen molar-refractivity contribution < 1.29 is 24.0 Å². The Morgan fingerprint density at radius 1 is 1.26 bits per heavy atom. The van der Waals surface area contributed by atoms with Gasteiger partial charge in [0.05, 0.1) is 4.92 Å². The van der Waals surface area contributed by atoms with Crippen LogP contribution >= 0.6 is 0 Å². The number of nitrogens with zero attached hydrogens (tertiary/aromatic N) is 1. The molecule has 9 heteroatoms. The van der Waals surface area contributed by atoms with Gasteiger partial charge in [0.15, 0.2) is 6.10 Å². The molecule has 0 spiro atoms. The third-order valence-corrected chi connectivity index (χ3v) is 4.34. The maximum Gasteiger partial charge on any atom is 0.326 e. The molecule has 0 bridgehead atoms. The molecule has 0 saturated heterocycles. The third kappa shape index (κ3) is 6.36. The van der Waals surface area contributed by atoms with Crippen molar-refractivity contribution in [2.75, 3.05) is 6.54 Å². The Kier molecular flexibility index (Phi) is 7.27. The Morgan fingerprint density at radius 3 is 2.63 bits per heavy atom. The van der Waals surface area contributed by atoms with E-state index in [0.717, 1.165) is 31.7 Å². The average molecular weight is 377 g/mol. The van der Waals surface area contributed by atoms with Gasteiger partial charge in [-0.1, -0.05) is 25.3 Å². The zero-order valence-electron chi connectivity index (χ0n) is 15.1. The molecule has 1 saturated carbocycles. The molecule has 27 heavy (non-hydrogen) atoms. The Hall–Kier alpha value is -2.97. The van der Waals surface area contributed by atoms with Crippen molar-refractivity contribution in [1.29, 1.82) is 0 Å². The Labute approximate surface area is 156 Å². The van der Waals surface area contributed by atoms with Crippen molar-refractivity contribution in [1.82, 2.24) is 10.6 Å². The molecule has 1 atom stereocenters. The fourth-order valence-electron chi connectivity index (χ4n) is 2.87. The first-order valence-corrected chi connectivity index (χ1v) is 8.89. The molecule has 1 aliphatic carbocycles. The Morgan fingerprint density at radius 2 is 1.96 bits per heavy atom. The highest BCUT2D eigenvalue weighted by molar-refractivity contribution is 5.96. The molecule has 1 aromatic rings. The molecule has 2 amide bonds. The monoisotopic (exact) mass is 377 g/mol. The summed E-state index contributed by atoms with van der Waals surface area (Å²) < 4.78 is 5.03. The number of carbonyl (C=O) groups excluding carboxylic acids is 3. The van der Waals surface area contributed by atoms with E-state index in [-0.39, 0.29) is 23.2 Å². The number of ether oxygens (including phenoxy) is 1. The molecular formula is C18H23N3O6. The smallest absolute Gasteiger partial charge is 0.326 e. The highest BCUT2D eigenvalue weighted by Crippen LogP contribution is 2.17. The van der Waals surface area contributed by atoms with Crippen LogP contribution in [0.15, 0.2) is 24.3 Å². The number of benzene rings is 1. The van der Waals surface area contributed by atoms with Crippen molar-refractivity contribution in [3.8, 4) is 0 Å². The largest absolute Gasteiger partial charge is 0.451 e. The fourth-order valence-corrected chi connectivity index (χ4v) is 2.87. The summed E-state index contributed by atoms with van der Waals surface area (Å²) in [5.74, 6) is -1.77. The molecule has 2 rings (SSSR count). The van der Waals surface area contributed by atoms with Crippen molar-refractivity contribution in [3.63, 3.8) is 0 Å². The lowest BCUT2D eigenvalue weighted by atomic mass is 9.95. The molecular weight excluding hydrogens is 354 g/mol. The minimum Gasteiger partial charge on any atom is -0.451 e. The van der Waals surface area contributed by atoms with E-state index in [1.165, 1.54) is 31.5 Å². The van der Waals surface area contributed by atoms with Gasteiger partial charge in [0.25, 0.3) is 17.5 Å². The van der Waals surface area contributed by atoms with Crippen LogP contribution in [0.1, 0.15) is 49.4 Å². The summed E-state index contributed by atoms with van der Waals surface area (Å²) in [4.78, 5) is 46.0. The highest BCUT2D eigenvalue weighted by Gasteiger charge is 2.22. The number of nitro groups is 1. The van der Waals surface area contributed by atoms with E-state index in [1.54, 1.807) is 0 Å². The van der Waals surface area contributed by atoms with Crippen molar-refractivity contribution in [2.45, 2.75) is 51.2 Å². The normalized spacial score (nSPS) is 15.4. The molecule has 0 unspecified atom stereocenters. The minimum absolute atomic E-state index is 0.0556. The zero-order chi connectivity index (χ0) is 19.8. The van der Waals surface area contributed by atoms with E-state index in [0.29, 0.717) is 0 Å². The van der Waals surface area contributed by atoms with Gasteiger partial charge in [0.1, 0.15) is 6.54 Å². The number of hydrogen-bond donors (Lipinski definition) is 2. The Balaban J connectivity index is 1.77. The highest BCUT2D eigenvalue weighted by atomic mass is 16.6. The van der Waals surface area contributed by atoms with Crippen LogP contribution in [0.2, 0.25) is 0 Å². The van der Waals surface area contributed by atoms with Crippen molar-refractivity contribution >= 4 is 23.5 Å². The van der Waals surface area contributed by atoms with E-state index in [1.807, 2.05) is 0 Å². The van der Waals surface area contributed by atoms with Gasteiger partial charge in [-0.15, -0.1) is 0 Å².